The molecule has 1 atom stereocenters. The number of benzene rings is 1. The predicted octanol–water partition coefficient (Wildman–Crippen LogP) is 5.75. The lowest BCUT2D eigenvalue weighted by molar-refractivity contribution is 0.268. The van der Waals surface area contributed by atoms with Crippen LogP contribution in [0.15, 0.2) is 35.3 Å². The Balaban J connectivity index is 2.79. The lowest BCUT2D eigenvalue weighted by Gasteiger charge is -2.18. The molecule has 1 rings (SSSR count). The Morgan fingerprint density at radius 2 is 1.75 bits per heavy atom. The topological polar surface area (TPSA) is 21.6 Å². The van der Waals surface area contributed by atoms with Gasteiger partial charge in [0.15, 0.2) is 5.90 Å². The number of ether oxygens (including phenoxy) is 1. The van der Waals surface area contributed by atoms with Gasteiger partial charge in [0.05, 0.1) is 12.3 Å². The Bertz CT molecular complexity index is 372. The second-order valence-corrected chi connectivity index (χ2v) is 5.24. The SMILES string of the molecule is CCCCOC(=Nc1ccccc1)C(CC)CCCC. The van der Waals surface area contributed by atoms with E-state index in [2.05, 4.69) is 20.8 Å². The molecule has 0 fully saturated rings. The molecule has 0 bridgehead atoms. The zero-order valence-electron chi connectivity index (χ0n) is 13.3. The number of rotatable bonds is 9. The second-order valence-electron chi connectivity index (χ2n) is 5.24. The van der Waals surface area contributed by atoms with Crippen LogP contribution >= 0.6 is 0 Å². The summed E-state index contributed by atoms with van der Waals surface area (Å²) in [5.74, 6) is 1.38. The Labute approximate surface area is 124 Å². The van der Waals surface area contributed by atoms with Crippen LogP contribution in [0.4, 0.5) is 5.69 Å². The molecule has 2 heteroatoms. The molecule has 0 N–H and O–H groups in total. The summed E-state index contributed by atoms with van der Waals surface area (Å²) in [7, 11) is 0. The van der Waals surface area contributed by atoms with E-state index in [0.717, 1.165) is 37.5 Å². The van der Waals surface area contributed by atoms with E-state index in [-0.39, 0.29) is 0 Å². The third kappa shape index (κ3) is 6.23. The van der Waals surface area contributed by atoms with Crippen molar-refractivity contribution in [3.8, 4) is 0 Å². The van der Waals surface area contributed by atoms with Crippen molar-refractivity contribution in [3.05, 3.63) is 30.3 Å². The van der Waals surface area contributed by atoms with Crippen LogP contribution in [0.1, 0.15) is 59.3 Å². The fourth-order valence-corrected chi connectivity index (χ4v) is 2.15. The zero-order chi connectivity index (χ0) is 14.6. The van der Waals surface area contributed by atoms with E-state index in [1.54, 1.807) is 0 Å². The van der Waals surface area contributed by atoms with E-state index < -0.39 is 0 Å². The van der Waals surface area contributed by atoms with E-state index in [9.17, 15) is 0 Å². The summed E-state index contributed by atoms with van der Waals surface area (Å²) in [6, 6.07) is 10.1. The van der Waals surface area contributed by atoms with E-state index in [0.29, 0.717) is 5.92 Å². The van der Waals surface area contributed by atoms with Gasteiger partial charge in [0.2, 0.25) is 0 Å². The standard InChI is InChI=1S/C18H29NO/c1-4-7-12-16(6-3)18(20-15-8-5-2)19-17-13-10-9-11-14-17/h9-11,13-14,16H,4-8,12,15H2,1-3H3. The van der Waals surface area contributed by atoms with Gasteiger partial charge in [0.25, 0.3) is 0 Å². The molecule has 20 heavy (non-hydrogen) atoms. The summed E-state index contributed by atoms with van der Waals surface area (Å²) in [5, 5.41) is 0. The van der Waals surface area contributed by atoms with Crippen LogP contribution in [0.25, 0.3) is 0 Å². The summed E-state index contributed by atoms with van der Waals surface area (Å²) in [5.41, 5.74) is 0.994. The molecule has 0 spiro atoms. The van der Waals surface area contributed by atoms with Gasteiger partial charge in [-0.2, -0.15) is 0 Å². The van der Waals surface area contributed by atoms with Gasteiger partial charge >= 0.3 is 0 Å². The van der Waals surface area contributed by atoms with E-state index in [4.69, 9.17) is 9.73 Å². The maximum absolute atomic E-state index is 5.99. The maximum atomic E-state index is 5.99. The minimum absolute atomic E-state index is 0.451. The number of hydrogen-bond donors (Lipinski definition) is 0. The molecule has 0 amide bonds. The quantitative estimate of drug-likeness (QED) is 0.319. The number of hydrogen-bond acceptors (Lipinski definition) is 2. The van der Waals surface area contributed by atoms with Crippen LogP contribution < -0.4 is 0 Å². The van der Waals surface area contributed by atoms with Crippen molar-refractivity contribution in [2.75, 3.05) is 6.61 Å². The molecule has 0 heterocycles. The number of para-hydroxylation sites is 1. The Morgan fingerprint density at radius 3 is 2.35 bits per heavy atom. The monoisotopic (exact) mass is 275 g/mol. The predicted molar refractivity (Wildman–Crippen MR) is 87.7 cm³/mol. The lowest BCUT2D eigenvalue weighted by Crippen LogP contribution is -2.18. The van der Waals surface area contributed by atoms with Crippen LogP contribution in [0.5, 0.6) is 0 Å². The van der Waals surface area contributed by atoms with Crippen LogP contribution in [0, 0.1) is 5.92 Å². The number of nitrogens with zero attached hydrogens (tertiary/aromatic N) is 1. The van der Waals surface area contributed by atoms with Crippen LogP contribution in [-0.2, 0) is 4.74 Å². The van der Waals surface area contributed by atoms with E-state index >= 15 is 0 Å². The molecule has 0 radical (unpaired) electrons. The molecule has 0 aliphatic rings. The summed E-state index contributed by atoms with van der Waals surface area (Å²) in [6.45, 7) is 7.43. The van der Waals surface area contributed by atoms with Gasteiger partial charge < -0.3 is 4.74 Å². The molecule has 112 valence electrons. The molecular weight excluding hydrogens is 246 g/mol. The number of aliphatic imine (C=N–C) groups is 1. The summed E-state index contributed by atoms with van der Waals surface area (Å²) < 4.78 is 5.99. The van der Waals surface area contributed by atoms with Crippen LogP contribution in [0.3, 0.4) is 0 Å². The molecule has 0 aromatic heterocycles. The first-order valence-corrected chi connectivity index (χ1v) is 8.08. The summed E-state index contributed by atoms with van der Waals surface area (Å²) in [6.07, 6.45) is 6.98. The van der Waals surface area contributed by atoms with Gasteiger partial charge in [-0.3, -0.25) is 0 Å². The highest BCUT2D eigenvalue weighted by Crippen LogP contribution is 2.20. The molecule has 0 aliphatic heterocycles. The summed E-state index contributed by atoms with van der Waals surface area (Å²) in [4.78, 5) is 4.75. The summed E-state index contributed by atoms with van der Waals surface area (Å²) >= 11 is 0. The van der Waals surface area contributed by atoms with Crippen LogP contribution in [0.2, 0.25) is 0 Å². The van der Waals surface area contributed by atoms with E-state index in [1.165, 1.54) is 19.3 Å². The van der Waals surface area contributed by atoms with Crippen LogP contribution in [-0.4, -0.2) is 12.5 Å². The third-order valence-corrected chi connectivity index (χ3v) is 3.49. The highest BCUT2D eigenvalue weighted by Gasteiger charge is 2.15. The third-order valence-electron chi connectivity index (χ3n) is 3.49. The zero-order valence-corrected chi connectivity index (χ0v) is 13.3. The van der Waals surface area contributed by atoms with Gasteiger partial charge in [0.1, 0.15) is 0 Å². The van der Waals surface area contributed by atoms with Crippen molar-refractivity contribution in [1.29, 1.82) is 0 Å². The Morgan fingerprint density at radius 1 is 1.05 bits per heavy atom. The second kappa shape index (κ2) is 10.5. The fourth-order valence-electron chi connectivity index (χ4n) is 2.15. The van der Waals surface area contributed by atoms with Gasteiger partial charge in [-0.05, 0) is 31.4 Å². The average molecular weight is 275 g/mol. The molecule has 2 nitrogen and oxygen atoms in total. The first kappa shape index (κ1) is 16.7. The van der Waals surface area contributed by atoms with Gasteiger partial charge in [-0.25, -0.2) is 4.99 Å². The van der Waals surface area contributed by atoms with Crippen molar-refractivity contribution in [2.24, 2.45) is 10.9 Å². The first-order valence-electron chi connectivity index (χ1n) is 8.08. The number of unbranched alkanes of at least 4 members (excludes halogenated alkanes) is 2. The molecule has 1 aromatic rings. The smallest absolute Gasteiger partial charge is 0.191 e. The minimum atomic E-state index is 0.451. The largest absolute Gasteiger partial charge is 0.481 e. The normalized spacial score (nSPS) is 13.2. The van der Waals surface area contributed by atoms with Crippen molar-refractivity contribution >= 4 is 11.6 Å². The average Bonchev–Trinajstić information content (AvgIpc) is 2.49. The molecule has 1 aromatic carbocycles. The molecule has 1 unspecified atom stereocenters. The minimum Gasteiger partial charge on any atom is -0.481 e. The van der Waals surface area contributed by atoms with E-state index in [1.807, 2.05) is 30.3 Å². The molecule has 0 saturated heterocycles. The molecule has 0 saturated carbocycles. The van der Waals surface area contributed by atoms with Crippen molar-refractivity contribution in [1.82, 2.24) is 0 Å². The Hall–Kier alpha value is -1.31. The maximum Gasteiger partial charge on any atom is 0.191 e. The first-order chi connectivity index (χ1) is 9.81. The van der Waals surface area contributed by atoms with Gasteiger partial charge in [0, 0.05) is 5.92 Å². The highest BCUT2D eigenvalue weighted by atomic mass is 16.5. The Kier molecular flexibility index (Phi) is 8.77. The van der Waals surface area contributed by atoms with Gasteiger partial charge in [-0.15, -0.1) is 0 Å². The lowest BCUT2D eigenvalue weighted by atomic mass is 9.99. The van der Waals surface area contributed by atoms with Crippen molar-refractivity contribution < 1.29 is 4.74 Å². The molecule has 0 aliphatic carbocycles. The fraction of sp³-hybridized carbons (Fsp3) is 0.611. The highest BCUT2D eigenvalue weighted by molar-refractivity contribution is 5.81. The van der Waals surface area contributed by atoms with Gasteiger partial charge in [-0.1, -0.05) is 58.2 Å². The van der Waals surface area contributed by atoms with Crippen molar-refractivity contribution in [3.63, 3.8) is 0 Å². The molecular formula is C18H29NO. The van der Waals surface area contributed by atoms with Crippen molar-refractivity contribution in [2.45, 2.75) is 59.3 Å².